The molecule has 0 spiro atoms. The molecule has 2 aromatic carbocycles. The van der Waals surface area contributed by atoms with E-state index in [1.54, 1.807) is 31.2 Å². The van der Waals surface area contributed by atoms with Crippen molar-refractivity contribution in [1.29, 1.82) is 0 Å². The van der Waals surface area contributed by atoms with Gasteiger partial charge in [-0.2, -0.15) is 13.2 Å². The van der Waals surface area contributed by atoms with E-state index in [1.807, 2.05) is 13.8 Å². The van der Waals surface area contributed by atoms with Gasteiger partial charge in [0.05, 0.1) is 21.5 Å². The Hall–Kier alpha value is -3.66. The molecule has 2 heterocycles. The molecular formula is C26H23F3N2O4S. The molecule has 0 unspecified atom stereocenters. The number of benzene rings is 2. The Morgan fingerprint density at radius 1 is 1.03 bits per heavy atom. The highest BCUT2D eigenvalue weighted by atomic mass is 32.2. The maximum Gasteiger partial charge on any atom is 0.433 e. The molecule has 0 aliphatic heterocycles. The van der Waals surface area contributed by atoms with E-state index in [4.69, 9.17) is 0 Å². The lowest BCUT2D eigenvalue weighted by molar-refractivity contribution is -0.140. The summed E-state index contributed by atoms with van der Waals surface area (Å²) >= 11 is 0. The normalized spacial score (nSPS) is 12.4. The van der Waals surface area contributed by atoms with Gasteiger partial charge < -0.3 is 5.11 Å². The smallest absolute Gasteiger partial charge is 0.433 e. The van der Waals surface area contributed by atoms with E-state index in [-0.39, 0.29) is 39.5 Å². The maximum absolute atomic E-state index is 13.7. The van der Waals surface area contributed by atoms with Gasteiger partial charge in [0.25, 0.3) is 10.0 Å². The number of hydrogen-bond acceptors (Lipinski definition) is 4. The Labute approximate surface area is 206 Å². The number of carbonyl (C=O) groups is 1. The molecule has 1 N–H and O–H groups in total. The number of aryl methyl sites for hydroxylation is 1. The average Bonchev–Trinajstić information content (AvgIpc) is 3.16. The second-order valence-electron chi connectivity index (χ2n) is 8.86. The lowest BCUT2D eigenvalue weighted by Gasteiger charge is -2.14. The molecule has 4 aromatic rings. The highest BCUT2D eigenvalue weighted by Crippen LogP contribution is 2.32. The predicted molar refractivity (Wildman–Crippen MR) is 129 cm³/mol. The Morgan fingerprint density at radius 2 is 1.69 bits per heavy atom. The average molecular weight is 517 g/mol. The van der Waals surface area contributed by atoms with Crippen molar-refractivity contribution in [3.8, 4) is 0 Å². The van der Waals surface area contributed by atoms with Crippen LogP contribution in [0.15, 0.2) is 65.6 Å². The zero-order chi connectivity index (χ0) is 26.4. The van der Waals surface area contributed by atoms with Crippen molar-refractivity contribution in [1.82, 2.24) is 8.96 Å². The van der Waals surface area contributed by atoms with E-state index in [0.717, 1.165) is 21.7 Å². The lowest BCUT2D eigenvalue weighted by atomic mass is 10.0. The summed E-state index contributed by atoms with van der Waals surface area (Å²) in [6.45, 7) is 5.57. The number of hydrogen-bond donors (Lipinski definition) is 1. The van der Waals surface area contributed by atoms with Crippen molar-refractivity contribution in [3.63, 3.8) is 0 Å². The third kappa shape index (κ3) is 4.73. The number of nitrogens with zero attached hydrogens (tertiary/aromatic N) is 2. The molecule has 0 aliphatic rings. The zero-order valence-electron chi connectivity index (χ0n) is 19.7. The van der Waals surface area contributed by atoms with Gasteiger partial charge in [0, 0.05) is 12.1 Å². The maximum atomic E-state index is 13.7. The van der Waals surface area contributed by atoms with Gasteiger partial charge in [-0.15, -0.1) is 0 Å². The number of alkyl halides is 3. The Bertz CT molecular complexity index is 1570. The second kappa shape index (κ2) is 9.09. The SMILES string of the molecule is Cc1cc(Cc2cc3nc(C(F)(F)F)ccc3n2S(=O)(=O)c2ccc(C(C)C)cc2)ccc1C(=O)O. The molecule has 6 nitrogen and oxygen atoms in total. The Kier molecular flexibility index (Phi) is 6.42. The molecule has 0 saturated carbocycles. The highest BCUT2D eigenvalue weighted by molar-refractivity contribution is 7.90. The molecule has 10 heteroatoms. The molecular weight excluding hydrogens is 493 g/mol. The van der Waals surface area contributed by atoms with Crippen molar-refractivity contribution in [2.45, 2.75) is 44.2 Å². The first-order chi connectivity index (χ1) is 16.8. The number of halogens is 3. The summed E-state index contributed by atoms with van der Waals surface area (Å²) in [7, 11) is -4.19. The summed E-state index contributed by atoms with van der Waals surface area (Å²) < 4.78 is 68.3. The summed E-state index contributed by atoms with van der Waals surface area (Å²) in [6, 6.07) is 14.1. The summed E-state index contributed by atoms with van der Waals surface area (Å²) in [5.74, 6) is -0.906. The monoisotopic (exact) mass is 516 g/mol. The first kappa shape index (κ1) is 25.4. The van der Waals surface area contributed by atoms with Crippen molar-refractivity contribution in [2.24, 2.45) is 0 Å². The minimum atomic E-state index is -4.69. The largest absolute Gasteiger partial charge is 0.478 e. The van der Waals surface area contributed by atoms with Gasteiger partial charge in [0.15, 0.2) is 0 Å². The van der Waals surface area contributed by atoms with E-state index in [9.17, 15) is 31.5 Å². The lowest BCUT2D eigenvalue weighted by Crippen LogP contribution is -2.16. The van der Waals surface area contributed by atoms with E-state index < -0.39 is 27.9 Å². The van der Waals surface area contributed by atoms with Crippen LogP contribution >= 0.6 is 0 Å². The number of aromatic nitrogens is 2. The minimum Gasteiger partial charge on any atom is -0.478 e. The van der Waals surface area contributed by atoms with Gasteiger partial charge in [-0.3, -0.25) is 0 Å². The van der Waals surface area contributed by atoms with Gasteiger partial charge in [-0.25, -0.2) is 22.2 Å². The molecule has 0 saturated heterocycles. The van der Waals surface area contributed by atoms with Gasteiger partial charge >= 0.3 is 12.1 Å². The molecule has 2 aromatic heterocycles. The molecule has 0 radical (unpaired) electrons. The van der Waals surface area contributed by atoms with Crippen LogP contribution in [0.2, 0.25) is 0 Å². The van der Waals surface area contributed by atoms with Crippen molar-refractivity contribution < 1.29 is 31.5 Å². The highest BCUT2D eigenvalue weighted by Gasteiger charge is 2.33. The van der Waals surface area contributed by atoms with E-state index >= 15 is 0 Å². The standard InChI is InChI=1S/C26H23F3N2O4S/c1-15(2)18-5-7-20(8-6-18)36(34,35)31-19(13-17-4-9-21(25(32)33)16(3)12-17)14-22-23(31)10-11-24(30-22)26(27,28)29/h4-12,14-15H,13H2,1-3H3,(H,32,33). The summed E-state index contributed by atoms with van der Waals surface area (Å²) in [6.07, 6.45) is -4.66. The van der Waals surface area contributed by atoms with Crippen LogP contribution in [-0.2, 0) is 22.6 Å². The number of carboxylic acid groups (broad SMARTS) is 1. The fourth-order valence-corrected chi connectivity index (χ4v) is 5.63. The molecule has 0 atom stereocenters. The second-order valence-corrected chi connectivity index (χ2v) is 10.6. The van der Waals surface area contributed by atoms with E-state index in [2.05, 4.69) is 4.98 Å². The summed E-state index contributed by atoms with van der Waals surface area (Å²) in [5.41, 5.74) is 1.11. The topological polar surface area (TPSA) is 89.3 Å². The van der Waals surface area contributed by atoms with Crippen LogP contribution in [0.25, 0.3) is 11.0 Å². The van der Waals surface area contributed by atoms with Gasteiger partial charge in [-0.1, -0.05) is 38.1 Å². The molecule has 0 aliphatic carbocycles. The van der Waals surface area contributed by atoms with Gasteiger partial charge in [0.1, 0.15) is 5.69 Å². The Balaban J connectivity index is 1.90. The third-order valence-electron chi connectivity index (χ3n) is 5.97. The van der Waals surface area contributed by atoms with Gasteiger partial charge in [-0.05, 0) is 65.9 Å². The van der Waals surface area contributed by atoms with Crippen molar-refractivity contribution in [3.05, 3.63) is 94.3 Å². The van der Waals surface area contributed by atoms with E-state index in [0.29, 0.717) is 11.1 Å². The van der Waals surface area contributed by atoms with Crippen LogP contribution in [0, 0.1) is 6.92 Å². The molecule has 0 bridgehead atoms. The first-order valence-corrected chi connectivity index (χ1v) is 12.5. The molecule has 188 valence electrons. The number of carboxylic acids is 1. The van der Waals surface area contributed by atoms with Crippen molar-refractivity contribution >= 4 is 27.0 Å². The van der Waals surface area contributed by atoms with Crippen LogP contribution < -0.4 is 0 Å². The molecule has 4 rings (SSSR count). The quantitative estimate of drug-likeness (QED) is 0.339. The van der Waals surface area contributed by atoms with E-state index in [1.165, 1.54) is 24.3 Å². The number of rotatable bonds is 6. The van der Waals surface area contributed by atoms with Crippen LogP contribution in [0.3, 0.4) is 0 Å². The van der Waals surface area contributed by atoms with Crippen LogP contribution in [0.4, 0.5) is 13.2 Å². The third-order valence-corrected chi connectivity index (χ3v) is 7.75. The first-order valence-electron chi connectivity index (χ1n) is 11.1. The predicted octanol–water partition coefficient (Wildman–Crippen LogP) is 6.01. The number of pyridine rings is 1. The summed E-state index contributed by atoms with van der Waals surface area (Å²) in [5, 5.41) is 9.28. The minimum absolute atomic E-state index is 0.0112. The van der Waals surface area contributed by atoms with Crippen LogP contribution in [0.1, 0.15) is 58.2 Å². The Morgan fingerprint density at radius 3 is 2.25 bits per heavy atom. The van der Waals surface area contributed by atoms with Crippen molar-refractivity contribution in [2.75, 3.05) is 0 Å². The molecule has 0 fully saturated rings. The number of aromatic carboxylic acids is 1. The van der Waals surface area contributed by atoms with Crippen LogP contribution in [0.5, 0.6) is 0 Å². The number of fused-ring (bicyclic) bond motifs is 1. The summed E-state index contributed by atoms with van der Waals surface area (Å²) in [4.78, 5) is 15.0. The fraction of sp³-hybridized carbons (Fsp3) is 0.231. The molecule has 0 amide bonds. The zero-order valence-corrected chi connectivity index (χ0v) is 20.5. The van der Waals surface area contributed by atoms with Crippen LogP contribution in [-0.4, -0.2) is 28.5 Å². The molecule has 36 heavy (non-hydrogen) atoms. The van der Waals surface area contributed by atoms with Gasteiger partial charge in [0.2, 0.25) is 0 Å². The fourth-order valence-electron chi connectivity index (χ4n) is 4.10.